The molecule has 6 atom stereocenters. The van der Waals surface area contributed by atoms with Gasteiger partial charge in [0.15, 0.2) is 11.5 Å². The SMILES string of the molecule is C=Cc1ccccc1C=C.COC(=O)[C@H]1[C@H]2C[C@@H]3c4[nH]c5cc(OC)ccc5c4CCN3C[C@H]2C[C@@H](OC(=O)c2cc(OC)c(OC)c(OC)c2)[C@@H]1OC. The summed E-state index contributed by atoms with van der Waals surface area (Å²) in [4.78, 5) is 33.1. The van der Waals surface area contributed by atoms with Crippen LogP contribution in [0, 0.1) is 17.8 Å². The molecule has 1 saturated carbocycles. The smallest absolute Gasteiger partial charge is 0.338 e. The zero-order valence-corrected chi connectivity index (χ0v) is 31.9. The molecule has 7 rings (SSSR count). The highest BCUT2D eigenvalue weighted by Gasteiger charge is 2.54. The van der Waals surface area contributed by atoms with Crippen molar-refractivity contribution in [1.29, 1.82) is 0 Å². The summed E-state index contributed by atoms with van der Waals surface area (Å²) in [6.07, 6.45) is 4.58. The fourth-order valence-corrected chi connectivity index (χ4v) is 8.64. The molecule has 11 nitrogen and oxygen atoms in total. The van der Waals surface area contributed by atoms with Gasteiger partial charge in [0.1, 0.15) is 18.0 Å². The Balaban J connectivity index is 0.000000432. The number of nitrogens with zero attached hydrogens (tertiary/aromatic N) is 1. The van der Waals surface area contributed by atoms with Gasteiger partial charge in [-0.05, 0) is 72.1 Å². The van der Waals surface area contributed by atoms with E-state index in [0.29, 0.717) is 23.7 Å². The van der Waals surface area contributed by atoms with E-state index >= 15 is 0 Å². The van der Waals surface area contributed by atoms with Gasteiger partial charge in [-0.15, -0.1) is 0 Å². The van der Waals surface area contributed by atoms with Gasteiger partial charge in [0, 0.05) is 42.9 Å². The Labute approximate surface area is 316 Å². The lowest BCUT2D eigenvalue weighted by Crippen LogP contribution is -2.58. The van der Waals surface area contributed by atoms with Crippen molar-refractivity contribution < 1.29 is 42.7 Å². The van der Waals surface area contributed by atoms with Gasteiger partial charge >= 0.3 is 11.9 Å². The van der Waals surface area contributed by atoms with Crippen LogP contribution in [-0.4, -0.2) is 89.8 Å². The molecular weight excluding hydrogens is 688 g/mol. The first-order valence-corrected chi connectivity index (χ1v) is 18.1. The van der Waals surface area contributed by atoms with Crippen molar-refractivity contribution in [1.82, 2.24) is 9.88 Å². The Kier molecular flexibility index (Phi) is 12.0. The molecule has 3 aliphatic rings. The van der Waals surface area contributed by atoms with E-state index in [1.54, 1.807) is 26.4 Å². The van der Waals surface area contributed by atoms with Gasteiger partial charge in [0.05, 0.1) is 53.1 Å². The molecule has 1 aliphatic carbocycles. The Morgan fingerprint density at radius 1 is 0.852 bits per heavy atom. The molecule has 3 heterocycles. The van der Waals surface area contributed by atoms with E-state index < -0.39 is 24.1 Å². The Hall–Kier alpha value is -5.26. The Bertz CT molecular complexity index is 1950. The molecule has 0 radical (unpaired) electrons. The predicted octanol–water partition coefficient (Wildman–Crippen LogP) is 7.14. The third-order valence-electron chi connectivity index (χ3n) is 11.2. The van der Waals surface area contributed by atoms with Gasteiger partial charge in [-0.25, -0.2) is 4.79 Å². The summed E-state index contributed by atoms with van der Waals surface area (Å²) in [5.74, 6) is 0.441. The third kappa shape index (κ3) is 7.30. The van der Waals surface area contributed by atoms with E-state index in [9.17, 15) is 9.59 Å². The van der Waals surface area contributed by atoms with Gasteiger partial charge in [-0.2, -0.15) is 0 Å². The minimum Gasteiger partial charge on any atom is -0.497 e. The molecule has 0 unspecified atom stereocenters. The predicted molar refractivity (Wildman–Crippen MR) is 207 cm³/mol. The Morgan fingerprint density at radius 2 is 1.54 bits per heavy atom. The van der Waals surface area contributed by atoms with E-state index in [1.807, 2.05) is 48.6 Å². The number of benzene rings is 3. The molecule has 2 aliphatic heterocycles. The average molecular weight is 739 g/mol. The summed E-state index contributed by atoms with van der Waals surface area (Å²) < 4.78 is 39.1. The number of piperidine rings is 1. The number of H-pyrrole nitrogens is 1. The molecule has 1 aromatic heterocycles. The second-order valence-corrected chi connectivity index (χ2v) is 13.7. The fourth-order valence-electron chi connectivity index (χ4n) is 8.64. The number of hydrogen-bond acceptors (Lipinski definition) is 10. The standard InChI is InChI=1S/C33H40N2O9.C10H10/c1-38-19-7-8-20-21-9-10-35-16-18-13-27(44-32(36)17-11-25(39-2)30(41-4)26(12-17)40-3)31(42-5)28(33(37)43-6)22(18)15-24(35)29(21)34-23(20)14-19;1-3-9-7-5-6-8-10(9)4-2/h7-8,11-12,14,18,22,24,27-28,31,34H,9-10,13,15-16H2,1-6H3;3-8H,1-2H2/t18-,22+,24-,27-,28+,31+;/m1./s1. The maximum atomic E-state index is 13.5. The number of esters is 2. The van der Waals surface area contributed by atoms with Crippen molar-refractivity contribution >= 4 is 35.0 Å². The fraction of sp³-hybridized carbons (Fsp3) is 0.395. The number of carbonyl (C=O) groups is 2. The number of ether oxygens (including phenoxy) is 7. The van der Waals surface area contributed by atoms with Crippen molar-refractivity contribution in [3.05, 3.63) is 95.7 Å². The summed E-state index contributed by atoms with van der Waals surface area (Å²) in [5.41, 5.74) is 6.10. The van der Waals surface area contributed by atoms with Crippen LogP contribution < -0.4 is 18.9 Å². The normalized spacial score (nSPS) is 22.9. The number of aromatic amines is 1. The van der Waals surface area contributed by atoms with Crippen LogP contribution in [0.15, 0.2) is 67.8 Å². The summed E-state index contributed by atoms with van der Waals surface area (Å²) in [6.45, 7) is 9.07. The molecule has 0 bridgehead atoms. The van der Waals surface area contributed by atoms with E-state index in [0.717, 1.165) is 48.3 Å². The molecule has 286 valence electrons. The van der Waals surface area contributed by atoms with Gasteiger partial charge in [-0.1, -0.05) is 49.6 Å². The number of hydrogen-bond donors (Lipinski definition) is 1. The van der Waals surface area contributed by atoms with Crippen molar-refractivity contribution in [2.45, 2.75) is 37.5 Å². The first-order valence-electron chi connectivity index (χ1n) is 18.1. The lowest BCUT2D eigenvalue weighted by molar-refractivity contribution is -0.176. The van der Waals surface area contributed by atoms with Gasteiger partial charge < -0.3 is 38.1 Å². The maximum Gasteiger partial charge on any atom is 0.338 e. The van der Waals surface area contributed by atoms with Crippen LogP contribution in [-0.2, 0) is 25.4 Å². The summed E-state index contributed by atoms with van der Waals surface area (Å²) in [5, 5.41) is 1.21. The Morgan fingerprint density at radius 3 is 2.11 bits per heavy atom. The van der Waals surface area contributed by atoms with E-state index in [-0.39, 0.29) is 29.4 Å². The number of carbonyl (C=O) groups excluding carboxylic acids is 2. The topological polar surface area (TPSA) is 118 Å². The molecule has 11 heteroatoms. The quantitative estimate of drug-likeness (QED) is 0.168. The van der Waals surface area contributed by atoms with E-state index in [1.165, 1.54) is 45.1 Å². The molecular formula is C43H50N2O9. The second kappa shape index (κ2) is 16.8. The largest absolute Gasteiger partial charge is 0.497 e. The molecule has 0 amide bonds. The number of nitrogens with one attached hydrogen (secondary N) is 1. The molecule has 0 spiro atoms. The van der Waals surface area contributed by atoms with Crippen LogP contribution in [0.5, 0.6) is 23.0 Å². The zero-order chi connectivity index (χ0) is 38.5. The highest BCUT2D eigenvalue weighted by atomic mass is 16.6. The maximum absolute atomic E-state index is 13.5. The third-order valence-corrected chi connectivity index (χ3v) is 11.2. The van der Waals surface area contributed by atoms with Gasteiger partial charge in [0.2, 0.25) is 5.75 Å². The van der Waals surface area contributed by atoms with Crippen LogP contribution in [0.1, 0.15) is 51.6 Å². The van der Waals surface area contributed by atoms with E-state index in [2.05, 4.69) is 29.1 Å². The molecule has 1 N–H and O–H groups in total. The molecule has 3 aromatic carbocycles. The first-order chi connectivity index (χ1) is 26.2. The van der Waals surface area contributed by atoms with Crippen molar-refractivity contribution in [2.75, 3.05) is 55.7 Å². The van der Waals surface area contributed by atoms with Crippen LogP contribution in [0.3, 0.4) is 0 Å². The van der Waals surface area contributed by atoms with Crippen molar-refractivity contribution in [3.8, 4) is 23.0 Å². The summed E-state index contributed by atoms with van der Waals surface area (Å²) in [6, 6.07) is 17.4. The molecule has 54 heavy (non-hydrogen) atoms. The monoisotopic (exact) mass is 738 g/mol. The van der Waals surface area contributed by atoms with E-state index in [4.69, 9.17) is 33.2 Å². The highest BCUT2D eigenvalue weighted by molar-refractivity contribution is 5.91. The second-order valence-electron chi connectivity index (χ2n) is 13.7. The van der Waals surface area contributed by atoms with Crippen LogP contribution >= 0.6 is 0 Å². The number of aromatic nitrogens is 1. The average Bonchev–Trinajstić information content (AvgIpc) is 3.60. The zero-order valence-electron chi connectivity index (χ0n) is 31.9. The first kappa shape index (κ1) is 38.5. The number of methoxy groups -OCH3 is 6. The van der Waals surface area contributed by atoms with Crippen molar-refractivity contribution in [3.63, 3.8) is 0 Å². The molecule has 2 fully saturated rings. The van der Waals surface area contributed by atoms with Gasteiger partial charge in [-0.3, -0.25) is 9.69 Å². The molecule has 4 aromatic rings. The molecule has 1 saturated heterocycles. The minimum absolute atomic E-state index is 0.0170. The number of rotatable bonds is 10. The summed E-state index contributed by atoms with van der Waals surface area (Å²) in [7, 11) is 9.10. The van der Waals surface area contributed by atoms with Crippen LogP contribution in [0.2, 0.25) is 0 Å². The highest BCUT2D eigenvalue weighted by Crippen LogP contribution is 2.51. The summed E-state index contributed by atoms with van der Waals surface area (Å²) >= 11 is 0. The van der Waals surface area contributed by atoms with Crippen LogP contribution in [0.4, 0.5) is 0 Å². The lowest BCUT2D eigenvalue weighted by atomic mass is 9.63. The van der Waals surface area contributed by atoms with Crippen LogP contribution in [0.25, 0.3) is 23.1 Å². The lowest BCUT2D eigenvalue weighted by Gasteiger charge is -2.52. The number of fused-ring (bicyclic) bond motifs is 6. The van der Waals surface area contributed by atoms with Gasteiger partial charge in [0.25, 0.3) is 0 Å². The minimum atomic E-state index is -0.670. The van der Waals surface area contributed by atoms with Crippen molar-refractivity contribution in [2.24, 2.45) is 17.8 Å².